The van der Waals surface area contributed by atoms with Gasteiger partial charge in [0.15, 0.2) is 6.29 Å². The Morgan fingerprint density at radius 3 is 2.20 bits per heavy atom. The van der Waals surface area contributed by atoms with Gasteiger partial charge in [0.1, 0.15) is 5.75 Å². The fourth-order valence-electron chi connectivity index (χ4n) is 2.55. The van der Waals surface area contributed by atoms with E-state index in [-0.39, 0.29) is 5.69 Å². The Morgan fingerprint density at radius 2 is 1.68 bits per heavy atom. The normalized spacial score (nSPS) is 10.4. The second-order valence-corrected chi connectivity index (χ2v) is 6.29. The lowest BCUT2D eigenvalue weighted by molar-refractivity contribution is -0.384. The van der Waals surface area contributed by atoms with Gasteiger partial charge in [0.05, 0.1) is 27.5 Å². The van der Waals surface area contributed by atoms with Gasteiger partial charge in [0.25, 0.3) is 5.69 Å². The molecule has 0 bridgehead atoms. The number of hydrogen-bond acceptors (Lipinski definition) is 6. The summed E-state index contributed by atoms with van der Waals surface area (Å²) in [5.74, 6) is 0.727. The number of hydrogen-bond donors (Lipinski definition) is 1. The van der Waals surface area contributed by atoms with Crippen LogP contribution in [0.3, 0.4) is 0 Å². The predicted octanol–water partition coefficient (Wildman–Crippen LogP) is 4.39. The molecule has 3 rings (SSSR count). The molecular formula is C18H14N2O4S. The maximum atomic E-state index is 11.5. The summed E-state index contributed by atoms with van der Waals surface area (Å²) in [5, 5.41) is 10.8. The Hall–Kier alpha value is -3.19. The number of nitrogens with zero attached hydrogens (tertiary/aromatic N) is 1. The van der Waals surface area contributed by atoms with Crippen LogP contribution in [-0.2, 0) is 0 Å². The monoisotopic (exact) mass is 354 g/mol. The second kappa shape index (κ2) is 6.74. The van der Waals surface area contributed by atoms with E-state index >= 15 is 0 Å². The number of nitro groups is 1. The molecule has 1 heterocycles. The lowest BCUT2D eigenvalue weighted by Gasteiger charge is -2.05. The van der Waals surface area contributed by atoms with Gasteiger partial charge in [-0.3, -0.25) is 14.9 Å². The van der Waals surface area contributed by atoms with E-state index in [0.717, 1.165) is 22.5 Å². The van der Waals surface area contributed by atoms with Crippen molar-refractivity contribution in [3.8, 4) is 27.3 Å². The maximum absolute atomic E-state index is 11.5. The van der Waals surface area contributed by atoms with Crippen LogP contribution >= 0.6 is 11.3 Å². The Balaban J connectivity index is 2.09. The number of ether oxygens (including phenoxy) is 1. The molecule has 0 atom stereocenters. The number of rotatable bonds is 5. The van der Waals surface area contributed by atoms with Crippen molar-refractivity contribution in [2.24, 2.45) is 0 Å². The molecule has 2 N–H and O–H groups in total. The molecule has 25 heavy (non-hydrogen) atoms. The van der Waals surface area contributed by atoms with Crippen LogP contribution in [-0.4, -0.2) is 18.3 Å². The maximum Gasteiger partial charge on any atom is 0.269 e. The number of nitro benzene ring substituents is 1. The second-order valence-electron chi connectivity index (χ2n) is 5.23. The van der Waals surface area contributed by atoms with Crippen LogP contribution < -0.4 is 10.5 Å². The zero-order chi connectivity index (χ0) is 18.0. The number of carbonyl (C=O) groups excluding carboxylic acids is 1. The summed E-state index contributed by atoms with van der Waals surface area (Å²) >= 11 is 1.29. The van der Waals surface area contributed by atoms with Gasteiger partial charge < -0.3 is 10.5 Å². The molecule has 0 amide bonds. The van der Waals surface area contributed by atoms with Crippen molar-refractivity contribution in [3.05, 3.63) is 63.5 Å². The van der Waals surface area contributed by atoms with Crippen LogP contribution in [0.5, 0.6) is 5.75 Å². The summed E-state index contributed by atoms with van der Waals surface area (Å²) in [4.78, 5) is 23.1. The molecule has 0 saturated heterocycles. The van der Waals surface area contributed by atoms with Gasteiger partial charge in [-0.1, -0.05) is 0 Å². The lowest BCUT2D eigenvalue weighted by atomic mass is 10.0. The molecule has 1 aromatic heterocycles. The minimum atomic E-state index is -0.468. The molecule has 126 valence electrons. The van der Waals surface area contributed by atoms with E-state index in [1.165, 1.54) is 23.5 Å². The first-order chi connectivity index (χ1) is 12.0. The van der Waals surface area contributed by atoms with Crippen LogP contribution in [0.25, 0.3) is 21.6 Å². The fourth-order valence-corrected chi connectivity index (χ4v) is 3.61. The van der Waals surface area contributed by atoms with Crippen molar-refractivity contribution in [2.45, 2.75) is 0 Å². The van der Waals surface area contributed by atoms with Crippen molar-refractivity contribution in [1.82, 2.24) is 0 Å². The molecule has 0 fully saturated rings. The molecule has 0 aliphatic heterocycles. The van der Waals surface area contributed by atoms with Gasteiger partial charge in [-0.05, 0) is 47.5 Å². The average molecular weight is 354 g/mol. The van der Waals surface area contributed by atoms with E-state index in [4.69, 9.17) is 10.5 Å². The first-order valence-corrected chi connectivity index (χ1v) is 8.13. The molecule has 0 aliphatic carbocycles. The van der Waals surface area contributed by atoms with Crippen LogP contribution in [0.4, 0.5) is 11.4 Å². The van der Waals surface area contributed by atoms with Gasteiger partial charge in [-0.15, -0.1) is 11.3 Å². The van der Waals surface area contributed by atoms with Gasteiger partial charge in [0.2, 0.25) is 0 Å². The molecule has 0 unspecified atom stereocenters. The van der Waals surface area contributed by atoms with Crippen molar-refractivity contribution in [3.63, 3.8) is 0 Å². The van der Waals surface area contributed by atoms with Gasteiger partial charge in [0, 0.05) is 17.7 Å². The Morgan fingerprint density at radius 1 is 1.08 bits per heavy atom. The first-order valence-electron chi connectivity index (χ1n) is 7.32. The Bertz CT molecular complexity index is 931. The zero-order valence-corrected chi connectivity index (χ0v) is 14.1. The summed E-state index contributed by atoms with van der Waals surface area (Å²) in [6, 6.07) is 13.4. The van der Waals surface area contributed by atoms with Crippen LogP contribution in [0.2, 0.25) is 0 Å². The minimum Gasteiger partial charge on any atom is -0.497 e. The quantitative estimate of drug-likeness (QED) is 0.416. The number of nitrogens with two attached hydrogens (primary N) is 1. The minimum absolute atomic E-state index is 0.0134. The number of benzene rings is 2. The van der Waals surface area contributed by atoms with E-state index in [1.807, 2.05) is 24.3 Å². The zero-order valence-electron chi connectivity index (χ0n) is 13.3. The van der Waals surface area contributed by atoms with E-state index in [1.54, 1.807) is 19.2 Å². The number of nitrogen functional groups attached to an aromatic ring is 1. The largest absolute Gasteiger partial charge is 0.497 e. The number of carbonyl (C=O) groups is 1. The summed E-state index contributed by atoms with van der Waals surface area (Å²) in [5.41, 5.74) is 8.90. The molecule has 0 saturated carbocycles. The standard InChI is InChI=1S/C18H14N2O4S/c1-24-14-8-4-12(5-9-14)18-17(19)16(15(10-21)25-18)11-2-6-13(7-3-11)20(22)23/h2-10H,19H2,1H3. The first kappa shape index (κ1) is 16.7. The molecule has 2 aromatic carbocycles. The topological polar surface area (TPSA) is 95.5 Å². The fraction of sp³-hybridized carbons (Fsp3) is 0.0556. The van der Waals surface area contributed by atoms with Crippen molar-refractivity contribution >= 4 is 29.0 Å². The molecule has 0 spiro atoms. The highest BCUT2D eigenvalue weighted by molar-refractivity contribution is 7.18. The van der Waals surface area contributed by atoms with Gasteiger partial charge >= 0.3 is 0 Å². The lowest BCUT2D eigenvalue weighted by Crippen LogP contribution is -1.92. The highest BCUT2D eigenvalue weighted by Crippen LogP contribution is 2.44. The van der Waals surface area contributed by atoms with Crippen molar-refractivity contribution in [2.75, 3.05) is 12.8 Å². The predicted molar refractivity (Wildman–Crippen MR) is 98.2 cm³/mol. The SMILES string of the molecule is COc1ccc(-c2sc(C=O)c(-c3ccc([N+](=O)[O-])cc3)c2N)cc1. The van der Waals surface area contributed by atoms with Crippen LogP contribution in [0, 0.1) is 10.1 Å². The highest BCUT2D eigenvalue weighted by Gasteiger charge is 2.19. The number of thiophene rings is 1. The molecular weight excluding hydrogens is 340 g/mol. The van der Waals surface area contributed by atoms with E-state index in [2.05, 4.69) is 0 Å². The van der Waals surface area contributed by atoms with Crippen LogP contribution in [0.15, 0.2) is 48.5 Å². The van der Waals surface area contributed by atoms with Gasteiger partial charge in [-0.2, -0.15) is 0 Å². The summed E-state index contributed by atoms with van der Waals surface area (Å²) in [6.45, 7) is 0. The average Bonchev–Trinajstić information content (AvgIpc) is 2.98. The summed E-state index contributed by atoms with van der Waals surface area (Å²) < 4.78 is 5.15. The van der Waals surface area contributed by atoms with E-state index in [9.17, 15) is 14.9 Å². The van der Waals surface area contributed by atoms with E-state index < -0.39 is 4.92 Å². The summed E-state index contributed by atoms with van der Waals surface area (Å²) in [7, 11) is 1.59. The molecule has 0 radical (unpaired) electrons. The third kappa shape index (κ3) is 3.09. The Labute approximate surface area is 147 Å². The smallest absolute Gasteiger partial charge is 0.269 e. The number of anilines is 1. The van der Waals surface area contributed by atoms with Gasteiger partial charge in [-0.25, -0.2) is 0 Å². The molecule has 6 nitrogen and oxygen atoms in total. The molecule has 7 heteroatoms. The third-order valence-electron chi connectivity index (χ3n) is 3.80. The number of non-ortho nitro benzene ring substituents is 1. The van der Waals surface area contributed by atoms with E-state index in [0.29, 0.717) is 21.7 Å². The van der Waals surface area contributed by atoms with Crippen molar-refractivity contribution in [1.29, 1.82) is 0 Å². The summed E-state index contributed by atoms with van der Waals surface area (Å²) in [6.07, 6.45) is 0.755. The number of aldehydes is 1. The highest BCUT2D eigenvalue weighted by atomic mass is 32.1. The molecule has 0 aliphatic rings. The molecule has 3 aromatic rings. The van der Waals surface area contributed by atoms with Crippen LogP contribution in [0.1, 0.15) is 9.67 Å². The Kier molecular flexibility index (Phi) is 4.49. The number of methoxy groups -OCH3 is 1. The third-order valence-corrected chi connectivity index (χ3v) is 4.98. The van der Waals surface area contributed by atoms with Crippen molar-refractivity contribution < 1.29 is 14.5 Å².